The molecule has 0 saturated heterocycles. The number of aliphatic hydroxyl groups is 1. The first kappa shape index (κ1) is 11.6. The smallest absolute Gasteiger partial charge is 0.206 e. The molecule has 3 N–H and O–H groups in total. The third kappa shape index (κ3) is 358. The van der Waals surface area contributed by atoms with Crippen LogP contribution in [0.4, 0.5) is 0 Å². The van der Waals surface area contributed by atoms with Gasteiger partial charge < -0.3 is 5.11 Å². The van der Waals surface area contributed by atoms with Crippen molar-refractivity contribution in [1.82, 2.24) is 0 Å². The molecule has 0 amide bonds. The first-order chi connectivity index (χ1) is 3.91. The molecule has 9 heavy (non-hydrogen) atoms. The molecule has 0 aliphatic rings. The zero-order valence-electron chi connectivity index (χ0n) is 5.66. The van der Waals surface area contributed by atoms with Crippen LogP contribution < -0.4 is 5.14 Å². The largest absolute Gasteiger partial charge is 0.396 e. The standard InChI is InChI=1S/C3H8O.CH5NO2S/c1-2-3-4;1-5(2,3)4/h4H,2-3H2,1H3;1H3,(H2,2,3,4). The first-order valence-electron chi connectivity index (χ1n) is 2.50. The minimum atomic E-state index is -3.17. The van der Waals surface area contributed by atoms with Gasteiger partial charge in [-0.05, 0) is 6.42 Å². The summed E-state index contributed by atoms with van der Waals surface area (Å²) in [5, 5.41) is 12.2. The van der Waals surface area contributed by atoms with Gasteiger partial charge in [0.1, 0.15) is 0 Å². The Morgan fingerprint density at radius 2 is 1.67 bits per heavy atom. The van der Waals surface area contributed by atoms with E-state index in [0.717, 1.165) is 12.7 Å². The van der Waals surface area contributed by atoms with Gasteiger partial charge in [-0.15, -0.1) is 0 Å². The number of sulfonamides is 1. The predicted octanol–water partition coefficient (Wildman–Crippen LogP) is -0.707. The van der Waals surface area contributed by atoms with E-state index in [9.17, 15) is 8.42 Å². The van der Waals surface area contributed by atoms with Crippen LogP contribution in [-0.4, -0.2) is 26.4 Å². The highest BCUT2D eigenvalue weighted by molar-refractivity contribution is 7.88. The lowest BCUT2D eigenvalue weighted by Crippen LogP contribution is -2.07. The van der Waals surface area contributed by atoms with E-state index in [1.54, 1.807) is 0 Å². The highest BCUT2D eigenvalue weighted by Crippen LogP contribution is 1.61. The van der Waals surface area contributed by atoms with Gasteiger partial charge >= 0.3 is 0 Å². The van der Waals surface area contributed by atoms with Gasteiger partial charge in [-0.2, -0.15) is 0 Å². The molecule has 0 radical (unpaired) electrons. The number of rotatable bonds is 1. The van der Waals surface area contributed by atoms with E-state index in [1.165, 1.54) is 0 Å². The fraction of sp³-hybridized carbons (Fsp3) is 1.00. The molecular formula is C4H13NO3S. The maximum Gasteiger partial charge on any atom is 0.206 e. The molecular weight excluding hydrogens is 142 g/mol. The molecule has 0 heterocycles. The van der Waals surface area contributed by atoms with Crippen LogP contribution in [0, 0.1) is 0 Å². The Bertz CT molecular complexity index is 119. The van der Waals surface area contributed by atoms with E-state index in [4.69, 9.17) is 5.11 Å². The summed E-state index contributed by atoms with van der Waals surface area (Å²) in [5.41, 5.74) is 0. The quantitative estimate of drug-likeness (QED) is 0.525. The molecule has 0 aromatic rings. The Hall–Kier alpha value is -0.130. The monoisotopic (exact) mass is 155 g/mol. The SMILES string of the molecule is CCCO.CS(N)(=O)=O. The molecule has 0 spiro atoms. The van der Waals surface area contributed by atoms with Crippen molar-refractivity contribution in [2.75, 3.05) is 12.9 Å². The second-order valence-electron chi connectivity index (χ2n) is 1.55. The van der Waals surface area contributed by atoms with Crippen molar-refractivity contribution in [3.05, 3.63) is 0 Å². The maximum absolute atomic E-state index is 9.41. The average Bonchev–Trinajstić information content (AvgIpc) is 1.61. The predicted molar refractivity (Wildman–Crippen MR) is 36.4 cm³/mol. The molecule has 0 aromatic heterocycles. The van der Waals surface area contributed by atoms with Crippen molar-refractivity contribution in [3.8, 4) is 0 Å². The molecule has 0 aliphatic carbocycles. The minimum Gasteiger partial charge on any atom is -0.396 e. The Labute approximate surface area is 55.7 Å². The van der Waals surface area contributed by atoms with Crippen molar-refractivity contribution < 1.29 is 13.5 Å². The summed E-state index contributed by atoms with van der Waals surface area (Å²) in [6, 6.07) is 0. The second kappa shape index (κ2) is 6.00. The van der Waals surface area contributed by atoms with Gasteiger partial charge in [0.05, 0.1) is 6.26 Å². The van der Waals surface area contributed by atoms with Gasteiger partial charge in [-0.3, -0.25) is 0 Å². The van der Waals surface area contributed by atoms with Crippen LogP contribution in [0.25, 0.3) is 0 Å². The van der Waals surface area contributed by atoms with Crippen LogP contribution in [0.15, 0.2) is 0 Å². The van der Waals surface area contributed by atoms with Crippen molar-refractivity contribution in [2.45, 2.75) is 13.3 Å². The lowest BCUT2D eigenvalue weighted by Gasteiger charge is -1.71. The molecule has 0 aliphatic heterocycles. The van der Waals surface area contributed by atoms with Crippen LogP contribution in [0.2, 0.25) is 0 Å². The molecule has 58 valence electrons. The maximum atomic E-state index is 9.41. The van der Waals surface area contributed by atoms with E-state index in [2.05, 4.69) is 5.14 Å². The summed E-state index contributed by atoms with van der Waals surface area (Å²) in [4.78, 5) is 0. The van der Waals surface area contributed by atoms with E-state index < -0.39 is 10.0 Å². The fourth-order valence-electron chi connectivity index (χ4n) is 0. The number of hydrogen-bond acceptors (Lipinski definition) is 3. The Balaban J connectivity index is 0. The third-order valence-corrected chi connectivity index (χ3v) is 0.224. The van der Waals surface area contributed by atoms with Crippen LogP contribution in [0.5, 0.6) is 0 Å². The van der Waals surface area contributed by atoms with Crippen molar-refractivity contribution in [2.24, 2.45) is 5.14 Å². The molecule has 5 heteroatoms. The minimum absolute atomic E-state index is 0.319. The van der Waals surface area contributed by atoms with Gasteiger partial charge in [0.2, 0.25) is 10.0 Å². The Morgan fingerprint density at radius 3 is 1.67 bits per heavy atom. The number of primary sulfonamides is 1. The van der Waals surface area contributed by atoms with Crippen molar-refractivity contribution in [1.29, 1.82) is 0 Å². The first-order valence-corrected chi connectivity index (χ1v) is 4.46. The molecule has 0 fully saturated rings. The van der Waals surface area contributed by atoms with Gasteiger partial charge in [0, 0.05) is 6.61 Å². The Morgan fingerprint density at radius 1 is 1.56 bits per heavy atom. The van der Waals surface area contributed by atoms with Gasteiger partial charge in [0.25, 0.3) is 0 Å². The Kier molecular flexibility index (Phi) is 7.76. The van der Waals surface area contributed by atoms with Crippen LogP contribution in [0.3, 0.4) is 0 Å². The summed E-state index contributed by atoms with van der Waals surface area (Å²) < 4.78 is 18.8. The lowest BCUT2D eigenvalue weighted by molar-refractivity contribution is 0.295. The fourth-order valence-corrected chi connectivity index (χ4v) is 0. The van der Waals surface area contributed by atoms with Crippen LogP contribution in [-0.2, 0) is 10.0 Å². The second-order valence-corrected chi connectivity index (χ2v) is 3.21. The highest BCUT2D eigenvalue weighted by atomic mass is 32.2. The molecule has 0 bridgehead atoms. The van der Waals surface area contributed by atoms with E-state index in [0.29, 0.717) is 6.61 Å². The normalized spacial score (nSPS) is 9.78. The summed E-state index contributed by atoms with van der Waals surface area (Å²) in [6.07, 6.45) is 1.81. The number of aliphatic hydroxyl groups excluding tert-OH is 1. The molecule has 4 nitrogen and oxygen atoms in total. The summed E-state index contributed by atoms with van der Waals surface area (Å²) in [7, 11) is -3.17. The number of hydrogen-bond donors (Lipinski definition) is 2. The molecule has 0 saturated carbocycles. The highest BCUT2D eigenvalue weighted by Gasteiger charge is 1.78. The summed E-state index contributed by atoms with van der Waals surface area (Å²) >= 11 is 0. The van der Waals surface area contributed by atoms with E-state index in [-0.39, 0.29) is 0 Å². The summed E-state index contributed by atoms with van der Waals surface area (Å²) in [6.45, 7) is 2.25. The molecule has 0 atom stereocenters. The van der Waals surface area contributed by atoms with E-state index in [1.807, 2.05) is 6.92 Å². The zero-order valence-corrected chi connectivity index (χ0v) is 6.48. The van der Waals surface area contributed by atoms with Gasteiger partial charge in [0.15, 0.2) is 0 Å². The zero-order chi connectivity index (χ0) is 7.91. The number of nitrogens with two attached hydrogens (primary N) is 1. The topological polar surface area (TPSA) is 80.4 Å². The van der Waals surface area contributed by atoms with Crippen LogP contribution >= 0.6 is 0 Å². The van der Waals surface area contributed by atoms with Crippen molar-refractivity contribution >= 4 is 10.0 Å². The van der Waals surface area contributed by atoms with E-state index >= 15 is 0 Å². The van der Waals surface area contributed by atoms with Gasteiger partial charge in [-0.25, -0.2) is 13.6 Å². The van der Waals surface area contributed by atoms with Gasteiger partial charge in [-0.1, -0.05) is 6.92 Å². The molecule has 0 aromatic carbocycles. The molecule has 0 unspecified atom stereocenters. The lowest BCUT2D eigenvalue weighted by atomic mass is 10.5. The summed E-state index contributed by atoms with van der Waals surface area (Å²) in [5.74, 6) is 0. The van der Waals surface area contributed by atoms with Crippen LogP contribution in [0.1, 0.15) is 13.3 Å². The molecule has 0 rings (SSSR count). The average molecular weight is 155 g/mol. The van der Waals surface area contributed by atoms with Crippen molar-refractivity contribution in [3.63, 3.8) is 0 Å². The third-order valence-electron chi connectivity index (χ3n) is 0.224.